The van der Waals surface area contributed by atoms with E-state index >= 15 is 0 Å². The van der Waals surface area contributed by atoms with Crippen LogP contribution >= 0.6 is 12.2 Å². The van der Waals surface area contributed by atoms with Gasteiger partial charge in [-0.3, -0.25) is 4.79 Å². The number of nitrogens with one attached hydrogen (secondary N) is 1. The van der Waals surface area contributed by atoms with E-state index in [0.29, 0.717) is 17.8 Å². The average Bonchev–Trinajstić information content (AvgIpc) is 2.38. The fourth-order valence-electron chi connectivity index (χ4n) is 1.61. The van der Waals surface area contributed by atoms with Gasteiger partial charge in [-0.05, 0) is 36.3 Å². The lowest BCUT2D eigenvalue weighted by molar-refractivity contribution is -0.119. The van der Waals surface area contributed by atoms with E-state index in [-0.39, 0.29) is 12.3 Å². The Bertz CT molecular complexity index is 487. The molecule has 5 nitrogen and oxygen atoms in total. The number of hydrogen-bond donors (Lipinski definition) is 3. The van der Waals surface area contributed by atoms with Crippen molar-refractivity contribution in [2.75, 3.05) is 6.54 Å². The first-order valence-corrected chi connectivity index (χ1v) is 6.24. The Kier molecular flexibility index (Phi) is 6.32. The van der Waals surface area contributed by atoms with Gasteiger partial charge in [0.2, 0.25) is 5.91 Å². The van der Waals surface area contributed by atoms with Crippen LogP contribution in [0.1, 0.15) is 25.0 Å². The van der Waals surface area contributed by atoms with E-state index in [9.17, 15) is 15.0 Å². The first kappa shape index (κ1) is 15.5. The van der Waals surface area contributed by atoms with Crippen LogP contribution in [0.2, 0.25) is 0 Å². The molecule has 1 rings (SSSR count). The molecule has 6 heteroatoms. The van der Waals surface area contributed by atoms with Crippen LogP contribution in [0.4, 0.5) is 5.69 Å². The van der Waals surface area contributed by atoms with Crippen LogP contribution in [0.5, 0.6) is 0 Å². The molecule has 0 aromatic heterocycles. The van der Waals surface area contributed by atoms with Gasteiger partial charge in [0.15, 0.2) is 0 Å². The van der Waals surface area contributed by atoms with Crippen LogP contribution in [-0.4, -0.2) is 33.9 Å². The highest BCUT2D eigenvalue weighted by Crippen LogP contribution is 2.23. The van der Waals surface area contributed by atoms with Crippen molar-refractivity contribution >= 4 is 29.0 Å². The summed E-state index contributed by atoms with van der Waals surface area (Å²) in [4.78, 5) is 14.5. The third-order valence-electron chi connectivity index (χ3n) is 2.56. The van der Waals surface area contributed by atoms with Crippen molar-refractivity contribution in [3.8, 4) is 0 Å². The number of aliphatic hydroxyl groups is 2. The summed E-state index contributed by atoms with van der Waals surface area (Å²) in [5.41, 5.74) is 1.11. The van der Waals surface area contributed by atoms with Crippen molar-refractivity contribution in [2.24, 2.45) is 4.99 Å². The minimum atomic E-state index is -1.03. The van der Waals surface area contributed by atoms with Gasteiger partial charge in [-0.2, -0.15) is 4.99 Å². The van der Waals surface area contributed by atoms with E-state index < -0.39 is 12.2 Å². The van der Waals surface area contributed by atoms with Crippen LogP contribution < -0.4 is 5.32 Å². The number of isothiocyanates is 1. The third-order valence-corrected chi connectivity index (χ3v) is 2.66. The molecule has 102 valence electrons. The van der Waals surface area contributed by atoms with Crippen molar-refractivity contribution < 1.29 is 15.0 Å². The Labute approximate surface area is 117 Å². The predicted molar refractivity (Wildman–Crippen MR) is 75.4 cm³/mol. The van der Waals surface area contributed by atoms with Gasteiger partial charge < -0.3 is 15.5 Å². The lowest BCUT2D eigenvalue weighted by atomic mass is 10.0. The van der Waals surface area contributed by atoms with Crippen molar-refractivity contribution in [1.29, 1.82) is 0 Å². The summed E-state index contributed by atoms with van der Waals surface area (Å²) in [6, 6.07) is 6.75. The topological polar surface area (TPSA) is 81.9 Å². The minimum Gasteiger partial charge on any atom is -0.390 e. The Morgan fingerprint density at radius 3 is 2.89 bits per heavy atom. The Morgan fingerprint density at radius 2 is 2.26 bits per heavy atom. The molecule has 0 fully saturated rings. The molecular weight excluding hydrogens is 264 g/mol. The molecule has 0 saturated heterocycles. The van der Waals surface area contributed by atoms with Gasteiger partial charge in [0.1, 0.15) is 6.10 Å². The third kappa shape index (κ3) is 5.28. The van der Waals surface area contributed by atoms with E-state index in [0.717, 1.165) is 0 Å². The molecule has 0 saturated carbocycles. The number of aliphatic imine (C=N–C) groups is 1. The molecule has 0 bridgehead atoms. The van der Waals surface area contributed by atoms with Crippen molar-refractivity contribution in [3.63, 3.8) is 0 Å². The molecule has 1 amide bonds. The summed E-state index contributed by atoms with van der Waals surface area (Å²) in [6.07, 6.45) is -1.73. The zero-order valence-corrected chi connectivity index (χ0v) is 11.4. The van der Waals surface area contributed by atoms with E-state index in [1.54, 1.807) is 24.3 Å². The number of nitrogens with zero attached hydrogens (tertiary/aromatic N) is 1. The average molecular weight is 280 g/mol. The Hall–Kier alpha value is -1.59. The number of aliphatic hydroxyl groups excluding tert-OH is 2. The van der Waals surface area contributed by atoms with Crippen LogP contribution in [0.25, 0.3) is 0 Å². The smallest absolute Gasteiger partial charge is 0.216 e. The van der Waals surface area contributed by atoms with Gasteiger partial charge in [-0.15, -0.1) is 0 Å². The molecule has 0 aliphatic carbocycles. The molecule has 0 heterocycles. The molecule has 19 heavy (non-hydrogen) atoms. The molecule has 1 aromatic rings. The molecule has 2 atom stereocenters. The Morgan fingerprint density at radius 1 is 1.53 bits per heavy atom. The maximum absolute atomic E-state index is 10.7. The first-order chi connectivity index (χ1) is 9.04. The van der Waals surface area contributed by atoms with Gasteiger partial charge in [-0.25, -0.2) is 0 Å². The number of rotatable bonds is 6. The highest BCUT2D eigenvalue weighted by atomic mass is 32.1. The molecule has 0 spiro atoms. The van der Waals surface area contributed by atoms with Crippen LogP contribution in [0, 0.1) is 0 Å². The largest absolute Gasteiger partial charge is 0.390 e. The number of thiocarbonyl (C=S) groups is 1. The summed E-state index contributed by atoms with van der Waals surface area (Å²) >= 11 is 4.51. The lowest BCUT2D eigenvalue weighted by Crippen LogP contribution is -2.27. The monoisotopic (exact) mass is 280 g/mol. The molecule has 0 aliphatic heterocycles. The second-order valence-electron chi connectivity index (χ2n) is 4.08. The van der Waals surface area contributed by atoms with Crippen molar-refractivity contribution in [1.82, 2.24) is 5.32 Å². The van der Waals surface area contributed by atoms with Gasteiger partial charge in [0, 0.05) is 13.5 Å². The molecular formula is C13H16N2O3S. The molecule has 3 N–H and O–H groups in total. The van der Waals surface area contributed by atoms with E-state index in [2.05, 4.69) is 27.7 Å². The van der Waals surface area contributed by atoms with Crippen LogP contribution in [-0.2, 0) is 4.79 Å². The second kappa shape index (κ2) is 7.76. The number of hydrogen-bond acceptors (Lipinski definition) is 5. The van der Waals surface area contributed by atoms with E-state index in [4.69, 9.17) is 0 Å². The summed E-state index contributed by atoms with van der Waals surface area (Å²) in [7, 11) is 0. The SMILES string of the molecule is CC(=O)NCCC(O)C(O)c1cccc(N=C=S)c1. The second-order valence-corrected chi connectivity index (χ2v) is 4.26. The zero-order valence-electron chi connectivity index (χ0n) is 10.5. The van der Waals surface area contributed by atoms with Gasteiger partial charge in [0.25, 0.3) is 0 Å². The maximum Gasteiger partial charge on any atom is 0.216 e. The summed E-state index contributed by atoms with van der Waals surface area (Å²) in [5, 5.41) is 24.6. The standard InChI is InChI=1S/C13H16N2O3S/c1-9(16)14-6-5-12(17)13(18)10-3-2-4-11(7-10)15-8-19/h2-4,7,12-13,17-18H,5-6H2,1H3,(H,14,16). The molecule has 2 unspecified atom stereocenters. The van der Waals surface area contributed by atoms with Crippen LogP contribution in [0.15, 0.2) is 29.3 Å². The molecule has 1 aromatic carbocycles. The van der Waals surface area contributed by atoms with Gasteiger partial charge in [-0.1, -0.05) is 12.1 Å². The quantitative estimate of drug-likeness (QED) is 0.542. The highest BCUT2D eigenvalue weighted by molar-refractivity contribution is 7.78. The van der Waals surface area contributed by atoms with Crippen LogP contribution in [0.3, 0.4) is 0 Å². The molecule has 0 aliphatic rings. The number of benzene rings is 1. The lowest BCUT2D eigenvalue weighted by Gasteiger charge is -2.18. The summed E-state index contributed by atoms with van der Waals surface area (Å²) in [6.45, 7) is 1.71. The summed E-state index contributed by atoms with van der Waals surface area (Å²) < 4.78 is 0. The van der Waals surface area contributed by atoms with Gasteiger partial charge in [0.05, 0.1) is 17.0 Å². The first-order valence-electron chi connectivity index (χ1n) is 5.83. The number of carbonyl (C=O) groups is 1. The van der Waals surface area contributed by atoms with Crippen molar-refractivity contribution in [2.45, 2.75) is 25.6 Å². The maximum atomic E-state index is 10.7. The fraction of sp³-hybridized carbons (Fsp3) is 0.385. The number of amides is 1. The normalized spacial score (nSPS) is 13.2. The molecule has 0 radical (unpaired) electrons. The van der Waals surface area contributed by atoms with E-state index in [1.807, 2.05) is 0 Å². The van der Waals surface area contributed by atoms with Crippen molar-refractivity contribution in [3.05, 3.63) is 29.8 Å². The Balaban J connectivity index is 2.65. The fourth-order valence-corrected chi connectivity index (χ4v) is 1.71. The minimum absolute atomic E-state index is 0.168. The summed E-state index contributed by atoms with van der Waals surface area (Å²) in [5.74, 6) is -0.168. The highest BCUT2D eigenvalue weighted by Gasteiger charge is 2.18. The van der Waals surface area contributed by atoms with E-state index in [1.165, 1.54) is 6.92 Å². The van der Waals surface area contributed by atoms with Gasteiger partial charge >= 0.3 is 0 Å². The zero-order chi connectivity index (χ0) is 14.3. The predicted octanol–water partition coefficient (Wildman–Crippen LogP) is 1.34. The number of carbonyl (C=O) groups excluding carboxylic acids is 1.